The maximum Gasteiger partial charge on any atom is 0.293 e. The first-order valence-electron chi connectivity index (χ1n) is 2.24. The van der Waals surface area contributed by atoms with Crippen molar-refractivity contribution in [2.24, 2.45) is 5.14 Å². The Hall–Kier alpha value is -0.550. The lowest BCUT2D eigenvalue weighted by molar-refractivity contribution is -0.128. The Kier molecular flexibility index (Phi) is 3.26. The molecule has 54 valence electrons. The summed E-state index contributed by atoms with van der Waals surface area (Å²) in [6, 6.07) is 0. The Morgan fingerprint density at radius 3 is 2.67 bits per heavy atom. The summed E-state index contributed by atoms with van der Waals surface area (Å²) in [5.74, 6) is 3.27. The van der Waals surface area contributed by atoms with Crippen LogP contribution in [0.25, 0.3) is 0 Å². The summed E-state index contributed by atoms with van der Waals surface area (Å²) in [7, 11) is -2.48. The first-order valence-corrected chi connectivity index (χ1v) is 4.20. The fourth-order valence-electron chi connectivity index (χ4n) is 0.237. The second kappa shape index (κ2) is 3.47. The van der Waals surface area contributed by atoms with Gasteiger partial charge in [0.1, 0.15) is 6.61 Å². The van der Waals surface area contributed by atoms with E-state index in [-0.39, 0.29) is 18.8 Å². The van der Waals surface area contributed by atoms with Gasteiger partial charge in [0, 0.05) is 9.71 Å². The molecular weight excluding hydrogens is 142 g/mol. The van der Waals surface area contributed by atoms with E-state index < -0.39 is 9.71 Å². The molecule has 0 fully saturated rings. The highest BCUT2D eigenvalue weighted by atomic mass is 32.2. The molecule has 1 atom stereocenters. The standard InChI is InChI=1S/C4H9NO3S/c1-9(5,7)3-2-8-4-6/h4H,1-3H2,(H2,5,7). The zero-order valence-corrected chi connectivity index (χ0v) is 5.73. The maximum absolute atomic E-state index is 10.5. The van der Waals surface area contributed by atoms with Crippen molar-refractivity contribution in [2.45, 2.75) is 0 Å². The van der Waals surface area contributed by atoms with E-state index in [1.165, 1.54) is 0 Å². The lowest BCUT2D eigenvalue weighted by Gasteiger charge is -1.98. The average Bonchev–Trinajstić information content (AvgIpc) is 1.63. The molecule has 0 aliphatic rings. The predicted molar refractivity (Wildman–Crippen MR) is 36.3 cm³/mol. The normalized spacial score (nSPS) is 16.1. The third kappa shape index (κ3) is 7.45. The van der Waals surface area contributed by atoms with Gasteiger partial charge in [-0.25, -0.2) is 0 Å². The minimum atomic E-state index is -2.48. The van der Waals surface area contributed by atoms with E-state index in [4.69, 9.17) is 5.14 Å². The molecule has 0 aliphatic carbocycles. The smallest absolute Gasteiger partial charge is 0.293 e. The molecule has 1 unspecified atom stereocenters. The average molecular weight is 151 g/mol. The van der Waals surface area contributed by atoms with Crippen LogP contribution in [0.2, 0.25) is 0 Å². The van der Waals surface area contributed by atoms with Gasteiger partial charge in [-0.05, 0) is 5.87 Å². The molecule has 0 heterocycles. The lowest BCUT2D eigenvalue weighted by Crippen LogP contribution is -2.19. The van der Waals surface area contributed by atoms with Crippen molar-refractivity contribution in [3.05, 3.63) is 0 Å². The summed E-state index contributed by atoms with van der Waals surface area (Å²) in [5.41, 5.74) is 0. The third-order valence-electron chi connectivity index (χ3n) is 0.615. The molecule has 0 amide bonds. The maximum atomic E-state index is 10.5. The number of hydrogen-bond acceptors (Lipinski definition) is 3. The molecule has 9 heavy (non-hydrogen) atoms. The zero-order chi connectivity index (χ0) is 7.33. The molecule has 0 rings (SSSR count). The van der Waals surface area contributed by atoms with Gasteiger partial charge in [-0.1, -0.05) is 0 Å². The van der Waals surface area contributed by atoms with Crippen LogP contribution in [0.1, 0.15) is 0 Å². The van der Waals surface area contributed by atoms with Crippen LogP contribution in [0.5, 0.6) is 0 Å². The summed E-state index contributed by atoms with van der Waals surface area (Å²) < 4.78 is 14.8. The van der Waals surface area contributed by atoms with Crippen LogP contribution in [-0.2, 0) is 19.2 Å². The van der Waals surface area contributed by atoms with Crippen molar-refractivity contribution in [1.82, 2.24) is 0 Å². The summed E-state index contributed by atoms with van der Waals surface area (Å²) in [6.45, 7) is 0.355. The van der Waals surface area contributed by atoms with Crippen LogP contribution in [0.4, 0.5) is 0 Å². The molecule has 0 bridgehead atoms. The van der Waals surface area contributed by atoms with Crippen LogP contribution in [0.3, 0.4) is 0 Å². The van der Waals surface area contributed by atoms with E-state index in [0.717, 1.165) is 0 Å². The van der Waals surface area contributed by atoms with Crippen molar-refractivity contribution in [1.29, 1.82) is 0 Å². The number of carbonyl (C=O) groups excluding carboxylic acids is 1. The molecule has 0 saturated heterocycles. The van der Waals surface area contributed by atoms with Gasteiger partial charge in [0.25, 0.3) is 6.47 Å². The number of hydrogen-bond donors (Lipinski definition) is 1. The van der Waals surface area contributed by atoms with E-state index in [9.17, 15) is 9.00 Å². The van der Waals surface area contributed by atoms with Crippen LogP contribution in [0.15, 0.2) is 0 Å². The summed E-state index contributed by atoms with van der Waals surface area (Å²) >= 11 is 0. The number of carbonyl (C=O) groups is 1. The fraction of sp³-hybridized carbons (Fsp3) is 0.500. The fourth-order valence-corrected chi connectivity index (χ4v) is 0.616. The molecule has 0 aromatic carbocycles. The Balaban J connectivity index is 3.40. The molecule has 0 aliphatic heterocycles. The summed E-state index contributed by atoms with van der Waals surface area (Å²) in [5, 5.41) is 5.00. The molecule has 4 nitrogen and oxygen atoms in total. The molecule has 0 saturated carbocycles. The highest BCUT2D eigenvalue weighted by Crippen LogP contribution is 1.76. The number of ether oxygens (including phenoxy) is 1. The van der Waals surface area contributed by atoms with Crippen molar-refractivity contribution in [3.63, 3.8) is 0 Å². The Bertz CT molecular complexity index is 172. The molecule has 2 N–H and O–H groups in total. The van der Waals surface area contributed by atoms with E-state index >= 15 is 0 Å². The largest absolute Gasteiger partial charge is 0.467 e. The van der Waals surface area contributed by atoms with Gasteiger partial charge >= 0.3 is 0 Å². The summed E-state index contributed by atoms with van der Waals surface area (Å²) in [4.78, 5) is 9.51. The SMILES string of the molecule is C=S(N)(=O)CCOC=O. The topological polar surface area (TPSA) is 69.4 Å². The second-order valence-corrected chi connectivity index (χ2v) is 3.69. The molecule has 0 aromatic heterocycles. The Morgan fingerprint density at radius 2 is 2.33 bits per heavy atom. The highest BCUT2D eigenvalue weighted by molar-refractivity contribution is 7.98. The molecular formula is C4H9NO3S. The van der Waals surface area contributed by atoms with E-state index in [1.54, 1.807) is 0 Å². The third-order valence-corrected chi connectivity index (χ3v) is 1.47. The van der Waals surface area contributed by atoms with Crippen LogP contribution in [0, 0.1) is 0 Å². The van der Waals surface area contributed by atoms with E-state index in [0.29, 0.717) is 0 Å². The van der Waals surface area contributed by atoms with Gasteiger partial charge in [-0.3, -0.25) is 14.1 Å². The van der Waals surface area contributed by atoms with Gasteiger partial charge < -0.3 is 4.74 Å². The van der Waals surface area contributed by atoms with Crippen LogP contribution < -0.4 is 5.14 Å². The highest BCUT2D eigenvalue weighted by Gasteiger charge is 1.93. The van der Waals surface area contributed by atoms with E-state index in [1.807, 2.05) is 0 Å². The first kappa shape index (κ1) is 8.45. The van der Waals surface area contributed by atoms with Gasteiger partial charge in [-0.2, -0.15) is 0 Å². The van der Waals surface area contributed by atoms with Gasteiger partial charge in [-0.15, -0.1) is 0 Å². The van der Waals surface area contributed by atoms with Gasteiger partial charge in [0.2, 0.25) is 0 Å². The zero-order valence-electron chi connectivity index (χ0n) is 4.91. The quantitative estimate of drug-likeness (QED) is 0.310. The van der Waals surface area contributed by atoms with Gasteiger partial charge in [0.15, 0.2) is 0 Å². The number of nitrogens with two attached hydrogens (primary N) is 1. The molecule has 0 radical (unpaired) electrons. The first-order chi connectivity index (χ1) is 4.06. The molecule has 0 spiro atoms. The minimum Gasteiger partial charge on any atom is -0.467 e. The molecule has 5 heteroatoms. The molecule has 0 aromatic rings. The number of rotatable bonds is 4. The van der Waals surface area contributed by atoms with Gasteiger partial charge in [0.05, 0.1) is 5.75 Å². The predicted octanol–water partition coefficient (Wildman–Crippen LogP) is -1.25. The lowest BCUT2D eigenvalue weighted by atomic mass is 10.9. The second-order valence-electron chi connectivity index (χ2n) is 1.54. The van der Waals surface area contributed by atoms with Crippen molar-refractivity contribution in [3.8, 4) is 0 Å². The van der Waals surface area contributed by atoms with Crippen LogP contribution in [-0.4, -0.2) is 28.9 Å². The van der Waals surface area contributed by atoms with Crippen molar-refractivity contribution >= 4 is 22.1 Å². The monoisotopic (exact) mass is 151 g/mol. The van der Waals surface area contributed by atoms with Crippen molar-refractivity contribution < 1.29 is 13.7 Å². The van der Waals surface area contributed by atoms with Crippen LogP contribution >= 0.6 is 0 Å². The van der Waals surface area contributed by atoms with Crippen molar-refractivity contribution in [2.75, 3.05) is 12.4 Å². The Morgan fingerprint density at radius 1 is 1.78 bits per heavy atom. The Labute approximate surface area is 54.1 Å². The van der Waals surface area contributed by atoms with E-state index in [2.05, 4.69) is 10.6 Å². The summed E-state index contributed by atoms with van der Waals surface area (Å²) in [6.07, 6.45) is 0. The minimum absolute atomic E-state index is 0.0718.